The Bertz CT molecular complexity index is 767. The number of benzene rings is 1. The molecule has 6 atom stereocenters. The summed E-state index contributed by atoms with van der Waals surface area (Å²) in [7, 11) is 0. The maximum absolute atomic E-state index is 12.8. The van der Waals surface area contributed by atoms with Crippen LogP contribution < -0.4 is 5.43 Å². The minimum atomic E-state index is -0.437. The number of hydrogen-bond donors (Lipinski definition) is 1. The summed E-state index contributed by atoms with van der Waals surface area (Å²) in [5.41, 5.74) is 2.94. The lowest BCUT2D eigenvalue weighted by atomic mass is 9.63. The molecule has 3 fully saturated rings. The van der Waals surface area contributed by atoms with Crippen molar-refractivity contribution in [3.05, 3.63) is 46.5 Å². The molecular formula is C18H15BrN2O3. The average Bonchev–Trinajstić information content (AvgIpc) is 3.36. The van der Waals surface area contributed by atoms with Crippen molar-refractivity contribution in [2.24, 2.45) is 35.5 Å². The summed E-state index contributed by atoms with van der Waals surface area (Å²) in [5.74, 6) is -0.0797. The molecule has 0 radical (unpaired) electrons. The van der Waals surface area contributed by atoms with Gasteiger partial charge in [0.2, 0.25) is 0 Å². The van der Waals surface area contributed by atoms with E-state index in [-0.39, 0.29) is 35.5 Å². The van der Waals surface area contributed by atoms with Crippen molar-refractivity contribution < 1.29 is 14.4 Å². The molecule has 122 valence electrons. The normalized spacial score (nSPS) is 38.1. The summed E-state index contributed by atoms with van der Waals surface area (Å²) in [5, 5.41) is 0.970. The standard InChI is InChI=1S/C18H15BrN2O3/c19-9-3-1-8(2-4-9)16(22)20-21-17(23)14-10-5-6-11(13-7-12(10)13)15(14)18(21)24/h1-6,10-15H,7H2,(H,20,22)/t10-,11-,12-,13+,14+,15-/m0/s1. The minimum Gasteiger partial charge on any atom is -0.272 e. The maximum atomic E-state index is 12.8. The van der Waals surface area contributed by atoms with Gasteiger partial charge >= 0.3 is 0 Å². The zero-order valence-electron chi connectivity index (χ0n) is 12.7. The van der Waals surface area contributed by atoms with Gasteiger partial charge in [-0.25, -0.2) is 0 Å². The van der Waals surface area contributed by atoms with E-state index in [1.54, 1.807) is 24.3 Å². The van der Waals surface area contributed by atoms with Crippen molar-refractivity contribution in [2.45, 2.75) is 6.42 Å². The van der Waals surface area contributed by atoms with Crippen molar-refractivity contribution in [3.8, 4) is 0 Å². The van der Waals surface area contributed by atoms with Gasteiger partial charge in [-0.2, -0.15) is 5.01 Å². The number of amides is 3. The minimum absolute atomic E-state index is 0.163. The van der Waals surface area contributed by atoms with Crippen LogP contribution in [0.2, 0.25) is 0 Å². The molecule has 5 aliphatic rings. The molecule has 24 heavy (non-hydrogen) atoms. The molecule has 1 saturated heterocycles. The third kappa shape index (κ3) is 1.83. The maximum Gasteiger partial charge on any atom is 0.270 e. The van der Waals surface area contributed by atoms with Gasteiger partial charge in [-0.15, -0.1) is 0 Å². The van der Waals surface area contributed by atoms with Crippen molar-refractivity contribution in [2.75, 3.05) is 0 Å². The number of rotatable bonds is 2. The van der Waals surface area contributed by atoms with Crippen LogP contribution in [0.1, 0.15) is 16.8 Å². The van der Waals surface area contributed by atoms with Crippen LogP contribution in [0, 0.1) is 35.5 Å². The molecular weight excluding hydrogens is 372 g/mol. The number of hydrogen-bond acceptors (Lipinski definition) is 3. The van der Waals surface area contributed by atoms with Crippen molar-refractivity contribution in [3.63, 3.8) is 0 Å². The number of nitrogens with zero attached hydrogens (tertiary/aromatic N) is 1. The Labute approximate surface area is 147 Å². The Morgan fingerprint density at radius 1 is 1.00 bits per heavy atom. The number of hydrazine groups is 1. The van der Waals surface area contributed by atoms with Gasteiger partial charge in [-0.3, -0.25) is 19.8 Å². The molecule has 1 heterocycles. The first-order valence-electron chi connectivity index (χ1n) is 8.19. The molecule has 0 spiro atoms. The van der Waals surface area contributed by atoms with E-state index in [1.165, 1.54) is 0 Å². The molecule has 4 aliphatic carbocycles. The first kappa shape index (κ1) is 14.4. The van der Waals surface area contributed by atoms with E-state index in [1.807, 2.05) is 0 Å². The average molecular weight is 387 g/mol. The number of halogens is 1. The van der Waals surface area contributed by atoms with Crippen LogP contribution in [0.15, 0.2) is 40.9 Å². The lowest BCUT2D eigenvalue weighted by Gasteiger charge is -2.37. The molecule has 0 unspecified atom stereocenters. The zero-order chi connectivity index (χ0) is 16.6. The molecule has 0 aromatic heterocycles. The van der Waals surface area contributed by atoms with Crippen LogP contribution in [-0.2, 0) is 9.59 Å². The number of carbonyl (C=O) groups is 3. The number of imide groups is 1. The smallest absolute Gasteiger partial charge is 0.270 e. The van der Waals surface area contributed by atoms with Gasteiger partial charge in [0.1, 0.15) is 0 Å². The SMILES string of the molecule is O=C(NN1C(=O)[C@@H]2[C@H]3C=C[C@@H]([C@H]4C[C@@H]34)[C@@H]2C1=O)c1ccc(Br)cc1. The lowest BCUT2D eigenvalue weighted by Crippen LogP contribution is -2.46. The van der Waals surface area contributed by atoms with Crippen LogP contribution >= 0.6 is 15.9 Å². The quantitative estimate of drug-likeness (QED) is 0.625. The van der Waals surface area contributed by atoms with Gasteiger partial charge in [0.25, 0.3) is 17.7 Å². The second kappa shape index (κ2) is 4.79. The Kier molecular flexibility index (Phi) is 2.87. The topological polar surface area (TPSA) is 66.5 Å². The van der Waals surface area contributed by atoms with E-state index in [4.69, 9.17) is 0 Å². The largest absolute Gasteiger partial charge is 0.272 e. The third-order valence-electron chi connectivity index (χ3n) is 5.98. The molecule has 1 N–H and O–H groups in total. The fourth-order valence-electron chi connectivity index (χ4n) is 4.83. The van der Waals surface area contributed by atoms with Crippen LogP contribution in [0.4, 0.5) is 0 Å². The summed E-state index contributed by atoms with van der Waals surface area (Å²) in [4.78, 5) is 37.9. The molecule has 1 aromatic carbocycles. The fourth-order valence-corrected chi connectivity index (χ4v) is 5.10. The molecule has 3 amide bonds. The Balaban J connectivity index is 1.40. The van der Waals surface area contributed by atoms with Crippen molar-refractivity contribution in [1.29, 1.82) is 0 Å². The van der Waals surface area contributed by atoms with Gasteiger partial charge in [-0.1, -0.05) is 28.1 Å². The Morgan fingerprint density at radius 3 is 2.08 bits per heavy atom. The second-order valence-corrected chi connectivity index (χ2v) is 8.03. The van der Waals surface area contributed by atoms with E-state index in [9.17, 15) is 14.4 Å². The van der Waals surface area contributed by atoms with E-state index in [0.717, 1.165) is 15.9 Å². The molecule has 5 nitrogen and oxygen atoms in total. The summed E-state index contributed by atoms with van der Waals surface area (Å²) < 4.78 is 0.861. The van der Waals surface area contributed by atoms with Gasteiger partial charge < -0.3 is 0 Å². The van der Waals surface area contributed by atoms with Gasteiger partial charge in [0.15, 0.2) is 0 Å². The Hall–Kier alpha value is -1.95. The summed E-state index contributed by atoms with van der Waals surface area (Å²) in [6.07, 6.45) is 5.36. The molecule has 2 saturated carbocycles. The molecule has 1 aromatic rings. The van der Waals surface area contributed by atoms with E-state index < -0.39 is 5.91 Å². The van der Waals surface area contributed by atoms with Crippen LogP contribution in [0.25, 0.3) is 0 Å². The second-order valence-electron chi connectivity index (χ2n) is 7.11. The highest BCUT2D eigenvalue weighted by molar-refractivity contribution is 9.10. The summed E-state index contributed by atoms with van der Waals surface area (Å²) in [6, 6.07) is 6.80. The zero-order valence-corrected chi connectivity index (χ0v) is 14.3. The highest BCUT2D eigenvalue weighted by Gasteiger charge is 2.67. The lowest BCUT2D eigenvalue weighted by molar-refractivity contribution is -0.143. The van der Waals surface area contributed by atoms with Crippen molar-refractivity contribution in [1.82, 2.24) is 10.4 Å². The van der Waals surface area contributed by atoms with E-state index in [2.05, 4.69) is 33.5 Å². The van der Waals surface area contributed by atoms with Gasteiger partial charge in [0, 0.05) is 10.0 Å². The van der Waals surface area contributed by atoms with Crippen LogP contribution in [-0.4, -0.2) is 22.7 Å². The van der Waals surface area contributed by atoms with Crippen molar-refractivity contribution >= 4 is 33.7 Å². The highest BCUT2D eigenvalue weighted by atomic mass is 79.9. The fraction of sp³-hybridized carbons (Fsp3) is 0.389. The van der Waals surface area contributed by atoms with Gasteiger partial charge in [-0.05, 0) is 54.4 Å². The molecule has 1 aliphatic heterocycles. The monoisotopic (exact) mass is 386 g/mol. The summed E-state index contributed by atoms with van der Waals surface area (Å²) >= 11 is 3.32. The predicted molar refractivity (Wildman–Crippen MR) is 88.2 cm³/mol. The highest BCUT2D eigenvalue weighted by Crippen LogP contribution is 2.65. The molecule has 2 bridgehead atoms. The molecule has 6 heteroatoms. The first-order chi connectivity index (χ1) is 11.6. The first-order valence-corrected chi connectivity index (χ1v) is 8.98. The van der Waals surface area contributed by atoms with Crippen LogP contribution in [0.5, 0.6) is 0 Å². The van der Waals surface area contributed by atoms with Crippen LogP contribution in [0.3, 0.4) is 0 Å². The Morgan fingerprint density at radius 2 is 1.54 bits per heavy atom. The van der Waals surface area contributed by atoms with E-state index in [0.29, 0.717) is 17.4 Å². The summed E-state index contributed by atoms with van der Waals surface area (Å²) in [6.45, 7) is 0. The molecule has 6 rings (SSSR count). The number of nitrogens with one attached hydrogen (secondary N) is 1. The van der Waals surface area contributed by atoms with Gasteiger partial charge in [0.05, 0.1) is 11.8 Å². The third-order valence-corrected chi connectivity index (χ3v) is 6.51. The van der Waals surface area contributed by atoms with E-state index >= 15 is 0 Å². The number of carbonyl (C=O) groups excluding carboxylic acids is 3. The predicted octanol–water partition coefficient (Wildman–Crippen LogP) is 2.15. The number of allylic oxidation sites excluding steroid dienone is 2.